The lowest BCUT2D eigenvalue weighted by atomic mass is 10.2. The van der Waals surface area contributed by atoms with Gasteiger partial charge >= 0.3 is 6.01 Å². The summed E-state index contributed by atoms with van der Waals surface area (Å²) in [7, 11) is 0. The molecule has 17 heavy (non-hydrogen) atoms. The SMILES string of the molecule is CCCC(C)Nc1nnc(CNCC(C)C)o1. The third kappa shape index (κ3) is 5.68. The second-order valence-electron chi connectivity index (χ2n) is 4.86. The van der Waals surface area contributed by atoms with Gasteiger partial charge in [-0.1, -0.05) is 32.3 Å². The van der Waals surface area contributed by atoms with Crippen molar-refractivity contribution >= 4 is 6.01 Å². The highest BCUT2D eigenvalue weighted by atomic mass is 16.4. The summed E-state index contributed by atoms with van der Waals surface area (Å²) < 4.78 is 5.49. The molecule has 0 amide bonds. The average Bonchev–Trinajstić information content (AvgIpc) is 2.65. The van der Waals surface area contributed by atoms with Crippen LogP contribution in [0.3, 0.4) is 0 Å². The summed E-state index contributed by atoms with van der Waals surface area (Å²) in [6.45, 7) is 10.2. The maximum atomic E-state index is 5.49. The number of rotatable bonds is 8. The van der Waals surface area contributed by atoms with E-state index in [2.05, 4.69) is 48.5 Å². The van der Waals surface area contributed by atoms with Crippen molar-refractivity contribution < 1.29 is 4.42 Å². The molecule has 0 fully saturated rings. The molecule has 98 valence electrons. The fraction of sp³-hybridized carbons (Fsp3) is 0.833. The topological polar surface area (TPSA) is 63.0 Å². The summed E-state index contributed by atoms with van der Waals surface area (Å²) in [5, 5.41) is 14.4. The van der Waals surface area contributed by atoms with Crippen LogP contribution in [-0.2, 0) is 6.54 Å². The summed E-state index contributed by atoms with van der Waals surface area (Å²) in [5.74, 6) is 1.26. The van der Waals surface area contributed by atoms with E-state index in [4.69, 9.17) is 4.42 Å². The van der Waals surface area contributed by atoms with Crippen LogP contribution in [0.15, 0.2) is 4.42 Å². The van der Waals surface area contributed by atoms with Crippen molar-refractivity contribution in [2.45, 2.75) is 53.1 Å². The van der Waals surface area contributed by atoms with Gasteiger partial charge in [-0.2, -0.15) is 0 Å². The van der Waals surface area contributed by atoms with Crippen LogP contribution >= 0.6 is 0 Å². The smallest absolute Gasteiger partial charge is 0.315 e. The van der Waals surface area contributed by atoms with Crippen molar-refractivity contribution in [3.8, 4) is 0 Å². The van der Waals surface area contributed by atoms with Gasteiger partial charge in [0.1, 0.15) is 0 Å². The molecule has 5 heteroatoms. The number of hydrogen-bond acceptors (Lipinski definition) is 5. The van der Waals surface area contributed by atoms with Crippen LogP contribution in [0.5, 0.6) is 0 Å². The Hall–Kier alpha value is -1.10. The van der Waals surface area contributed by atoms with Crippen LogP contribution in [0.4, 0.5) is 6.01 Å². The summed E-state index contributed by atoms with van der Waals surface area (Å²) in [6.07, 6.45) is 2.24. The lowest BCUT2D eigenvalue weighted by Crippen LogP contribution is -2.19. The number of nitrogens with zero attached hydrogens (tertiary/aromatic N) is 2. The molecule has 1 aromatic rings. The minimum absolute atomic E-state index is 0.372. The van der Waals surface area contributed by atoms with Gasteiger partial charge in [0.25, 0.3) is 0 Å². The first-order valence-corrected chi connectivity index (χ1v) is 6.41. The van der Waals surface area contributed by atoms with E-state index in [1.807, 2.05) is 0 Å². The van der Waals surface area contributed by atoms with E-state index >= 15 is 0 Å². The molecule has 0 saturated heterocycles. The van der Waals surface area contributed by atoms with Crippen LogP contribution in [0.2, 0.25) is 0 Å². The maximum absolute atomic E-state index is 5.49. The van der Waals surface area contributed by atoms with Crippen LogP contribution in [-0.4, -0.2) is 22.8 Å². The second kappa shape index (κ2) is 7.27. The average molecular weight is 240 g/mol. The van der Waals surface area contributed by atoms with Gasteiger partial charge in [-0.05, 0) is 25.8 Å². The summed E-state index contributed by atoms with van der Waals surface area (Å²) in [6, 6.07) is 0.893. The van der Waals surface area contributed by atoms with Gasteiger partial charge in [0.15, 0.2) is 0 Å². The molecule has 1 aromatic heterocycles. The van der Waals surface area contributed by atoms with Crippen molar-refractivity contribution in [1.29, 1.82) is 0 Å². The van der Waals surface area contributed by atoms with Crippen LogP contribution in [0, 0.1) is 5.92 Å². The molecule has 2 N–H and O–H groups in total. The quantitative estimate of drug-likeness (QED) is 0.730. The van der Waals surface area contributed by atoms with E-state index in [-0.39, 0.29) is 0 Å². The van der Waals surface area contributed by atoms with E-state index in [1.54, 1.807) is 0 Å². The molecule has 0 aliphatic heterocycles. The molecule has 1 heterocycles. The summed E-state index contributed by atoms with van der Waals surface area (Å²) in [5.41, 5.74) is 0. The van der Waals surface area contributed by atoms with E-state index in [0.717, 1.165) is 19.4 Å². The Labute approximate surface area is 103 Å². The number of hydrogen-bond donors (Lipinski definition) is 2. The first-order chi connectivity index (χ1) is 8.11. The molecule has 1 atom stereocenters. The summed E-state index contributed by atoms with van der Waals surface area (Å²) in [4.78, 5) is 0. The minimum Gasteiger partial charge on any atom is -0.407 e. The first kappa shape index (κ1) is 14.0. The third-order valence-electron chi connectivity index (χ3n) is 2.39. The molecule has 0 aliphatic carbocycles. The largest absolute Gasteiger partial charge is 0.407 e. The molecule has 0 aliphatic rings. The highest BCUT2D eigenvalue weighted by molar-refractivity contribution is 5.18. The van der Waals surface area contributed by atoms with Crippen LogP contribution in [0.1, 0.15) is 46.4 Å². The van der Waals surface area contributed by atoms with Crippen LogP contribution < -0.4 is 10.6 Å². The van der Waals surface area contributed by atoms with Gasteiger partial charge in [0, 0.05) is 6.04 Å². The Balaban J connectivity index is 2.32. The molecule has 1 unspecified atom stereocenters. The van der Waals surface area contributed by atoms with Gasteiger partial charge in [0.05, 0.1) is 6.54 Å². The zero-order chi connectivity index (χ0) is 12.7. The van der Waals surface area contributed by atoms with Crippen molar-refractivity contribution in [1.82, 2.24) is 15.5 Å². The van der Waals surface area contributed by atoms with Gasteiger partial charge in [-0.25, -0.2) is 0 Å². The lowest BCUT2D eigenvalue weighted by molar-refractivity contribution is 0.455. The van der Waals surface area contributed by atoms with Crippen molar-refractivity contribution in [2.24, 2.45) is 5.92 Å². The number of aromatic nitrogens is 2. The van der Waals surface area contributed by atoms with Crippen molar-refractivity contribution in [2.75, 3.05) is 11.9 Å². The highest BCUT2D eigenvalue weighted by Crippen LogP contribution is 2.09. The molecule has 0 spiro atoms. The van der Waals surface area contributed by atoms with Gasteiger partial charge < -0.3 is 15.1 Å². The van der Waals surface area contributed by atoms with Crippen molar-refractivity contribution in [3.63, 3.8) is 0 Å². The molecular weight excluding hydrogens is 216 g/mol. The highest BCUT2D eigenvalue weighted by Gasteiger charge is 2.08. The van der Waals surface area contributed by atoms with Gasteiger partial charge in [0.2, 0.25) is 5.89 Å². The number of anilines is 1. The van der Waals surface area contributed by atoms with E-state index in [0.29, 0.717) is 30.4 Å². The predicted octanol–water partition coefficient (Wildman–Crippen LogP) is 2.42. The molecule has 0 aromatic carbocycles. The molecule has 1 rings (SSSR count). The zero-order valence-corrected chi connectivity index (χ0v) is 11.3. The van der Waals surface area contributed by atoms with E-state index in [1.165, 1.54) is 0 Å². The molecule has 0 radical (unpaired) electrons. The molecule has 5 nitrogen and oxygen atoms in total. The van der Waals surface area contributed by atoms with E-state index < -0.39 is 0 Å². The Morgan fingerprint density at radius 3 is 2.65 bits per heavy atom. The number of nitrogens with one attached hydrogen (secondary N) is 2. The fourth-order valence-electron chi connectivity index (χ4n) is 1.57. The monoisotopic (exact) mass is 240 g/mol. The normalized spacial score (nSPS) is 13.0. The Morgan fingerprint density at radius 1 is 1.24 bits per heavy atom. The van der Waals surface area contributed by atoms with Crippen molar-refractivity contribution in [3.05, 3.63) is 5.89 Å². The van der Waals surface area contributed by atoms with Gasteiger partial charge in [-0.3, -0.25) is 0 Å². The van der Waals surface area contributed by atoms with Crippen LogP contribution in [0.25, 0.3) is 0 Å². The van der Waals surface area contributed by atoms with E-state index in [9.17, 15) is 0 Å². The summed E-state index contributed by atoms with van der Waals surface area (Å²) >= 11 is 0. The standard InChI is InChI=1S/C12H24N4O/c1-5-6-10(4)14-12-16-15-11(17-12)8-13-7-9(2)3/h9-10,13H,5-8H2,1-4H3,(H,14,16). The first-order valence-electron chi connectivity index (χ1n) is 6.41. The maximum Gasteiger partial charge on any atom is 0.315 e. The third-order valence-corrected chi connectivity index (χ3v) is 2.39. The Morgan fingerprint density at radius 2 is 2.00 bits per heavy atom. The Kier molecular flexibility index (Phi) is 5.97. The fourth-order valence-corrected chi connectivity index (χ4v) is 1.57. The molecule has 0 bridgehead atoms. The molecule has 0 saturated carbocycles. The molecular formula is C12H24N4O. The Bertz CT molecular complexity index is 311. The minimum atomic E-state index is 0.372. The predicted molar refractivity (Wildman–Crippen MR) is 68.8 cm³/mol. The zero-order valence-electron chi connectivity index (χ0n) is 11.3. The second-order valence-corrected chi connectivity index (χ2v) is 4.86. The lowest BCUT2D eigenvalue weighted by Gasteiger charge is -2.09. The van der Waals surface area contributed by atoms with Gasteiger partial charge in [-0.15, -0.1) is 5.10 Å².